The van der Waals surface area contributed by atoms with Crippen LogP contribution in [-0.4, -0.2) is 44.2 Å². The standard InChI is InChI=1S/C14H20N4O2S/c1-11-14(9-15-16-11)21(19,20)17-13(10-18(2)3)12-7-5-4-6-8-12/h4-9,13,17H,10H2,1-3H3,(H,15,16). The summed E-state index contributed by atoms with van der Waals surface area (Å²) < 4.78 is 27.7. The Kier molecular flexibility index (Phi) is 4.76. The highest BCUT2D eigenvalue weighted by atomic mass is 32.2. The lowest BCUT2D eigenvalue weighted by Gasteiger charge is -2.22. The Labute approximate surface area is 125 Å². The Morgan fingerprint density at radius 1 is 1.29 bits per heavy atom. The summed E-state index contributed by atoms with van der Waals surface area (Å²) in [4.78, 5) is 2.13. The molecule has 0 aliphatic carbocycles. The maximum Gasteiger partial charge on any atom is 0.244 e. The van der Waals surface area contributed by atoms with Crippen LogP contribution < -0.4 is 4.72 Å². The average Bonchev–Trinajstić information content (AvgIpc) is 2.85. The highest BCUT2D eigenvalue weighted by molar-refractivity contribution is 7.89. The number of benzene rings is 1. The Morgan fingerprint density at radius 3 is 2.48 bits per heavy atom. The first kappa shape index (κ1) is 15.7. The summed E-state index contributed by atoms with van der Waals surface area (Å²) in [6.07, 6.45) is 1.33. The second-order valence-electron chi connectivity index (χ2n) is 5.21. The molecule has 0 fully saturated rings. The summed E-state index contributed by atoms with van der Waals surface area (Å²) in [5.74, 6) is 0. The van der Waals surface area contributed by atoms with Gasteiger partial charge in [0.15, 0.2) is 0 Å². The van der Waals surface area contributed by atoms with Crippen molar-refractivity contribution in [2.45, 2.75) is 17.9 Å². The third kappa shape index (κ3) is 3.90. The second kappa shape index (κ2) is 6.38. The number of H-pyrrole nitrogens is 1. The molecule has 1 unspecified atom stereocenters. The number of aromatic amines is 1. The van der Waals surface area contributed by atoms with Crippen LogP contribution >= 0.6 is 0 Å². The van der Waals surface area contributed by atoms with Crippen molar-refractivity contribution in [1.29, 1.82) is 0 Å². The Hall–Kier alpha value is -1.70. The first-order valence-electron chi connectivity index (χ1n) is 6.62. The topological polar surface area (TPSA) is 78.1 Å². The van der Waals surface area contributed by atoms with Crippen molar-refractivity contribution in [3.63, 3.8) is 0 Å². The lowest BCUT2D eigenvalue weighted by Crippen LogP contribution is -2.35. The number of likely N-dealkylation sites (N-methyl/N-ethyl adjacent to an activating group) is 1. The van der Waals surface area contributed by atoms with Gasteiger partial charge in [-0.25, -0.2) is 13.1 Å². The average molecular weight is 308 g/mol. The van der Waals surface area contributed by atoms with E-state index in [-0.39, 0.29) is 10.9 Å². The summed E-state index contributed by atoms with van der Waals surface area (Å²) in [5, 5.41) is 6.42. The molecule has 0 amide bonds. The molecule has 1 aromatic carbocycles. The van der Waals surface area contributed by atoms with Crippen LogP contribution in [0.4, 0.5) is 0 Å². The minimum absolute atomic E-state index is 0.183. The molecular weight excluding hydrogens is 288 g/mol. The molecule has 1 atom stereocenters. The monoisotopic (exact) mass is 308 g/mol. The van der Waals surface area contributed by atoms with E-state index in [0.717, 1.165) is 5.56 Å². The minimum atomic E-state index is -3.61. The number of hydrogen-bond acceptors (Lipinski definition) is 4. The van der Waals surface area contributed by atoms with Crippen LogP contribution in [0.5, 0.6) is 0 Å². The van der Waals surface area contributed by atoms with Gasteiger partial charge in [-0.1, -0.05) is 30.3 Å². The van der Waals surface area contributed by atoms with Crippen LogP contribution in [0.15, 0.2) is 41.4 Å². The van der Waals surface area contributed by atoms with Crippen molar-refractivity contribution >= 4 is 10.0 Å². The van der Waals surface area contributed by atoms with Crippen molar-refractivity contribution in [1.82, 2.24) is 19.8 Å². The van der Waals surface area contributed by atoms with Gasteiger partial charge in [0, 0.05) is 6.54 Å². The fraction of sp³-hybridized carbons (Fsp3) is 0.357. The van der Waals surface area contributed by atoms with Gasteiger partial charge in [0.05, 0.1) is 17.9 Å². The first-order chi connectivity index (χ1) is 9.90. The van der Waals surface area contributed by atoms with Crippen molar-refractivity contribution in [2.75, 3.05) is 20.6 Å². The van der Waals surface area contributed by atoms with Crippen LogP contribution in [0.25, 0.3) is 0 Å². The molecule has 0 spiro atoms. The zero-order chi connectivity index (χ0) is 15.5. The van der Waals surface area contributed by atoms with Gasteiger partial charge in [-0.15, -0.1) is 0 Å². The van der Waals surface area contributed by atoms with Crippen LogP contribution in [0.1, 0.15) is 17.3 Å². The predicted octanol–water partition coefficient (Wildman–Crippen LogP) is 1.30. The molecule has 21 heavy (non-hydrogen) atoms. The maximum atomic E-state index is 12.5. The van der Waals surface area contributed by atoms with Gasteiger partial charge in [0.25, 0.3) is 0 Å². The molecule has 0 radical (unpaired) electrons. The molecule has 2 rings (SSSR count). The van der Waals surface area contributed by atoms with Crippen LogP contribution in [0.2, 0.25) is 0 Å². The molecule has 2 aromatic rings. The van der Waals surface area contributed by atoms with Gasteiger partial charge in [0.1, 0.15) is 4.90 Å². The van der Waals surface area contributed by atoms with Gasteiger partial charge in [-0.2, -0.15) is 5.10 Å². The molecule has 0 aliphatic rings. The summed E-state index contributed by atoms with van der Waals surface area (Å²) in [6, 6.07) is 9.22. The summed E-state index contributed by atoms with van der Waals surface area (Å²) >= 11 is 0. The lowest BCUT2D eigenvalue weighted by molar-refractivity contribution is 0.363. The van der Waals surface area contributed by atoms with E-state index in [4.69, 9.17) is 0 Å². The van der Waals surface area contributed by atoms with Gasteiger partial charge in [-0.05, 0) is 26.6 Å². The Balaban J connectivity index is 2.29. The minimum Gasteiger partial charge on any atom is -0.307 e. The maximum absolute atomic E-state index is 12.5. The quantitative estimate of drug-likeness (QED) is 0.843. The van der Waals surface area contributed by atoms with Crippen molar-refractivity contribution < 1.29 is 8.42 Å². The van der Waals surface area contributed by atoms with Crippen molar-refractivity contribution in [2.24, 2.45) is 0 Å². The van der Waals surface area contributed by atoms with Gasteiger partial charge in [-0.3, -0.25) is 5.10 Å². The second-order valence-corrected chi connectivity index (χ2v) is 6.89. The van der Waals surface area contributed by atoms with E-state index in [0.29, 0.717) is 12.2 Å². The predicted molar refractivity (Wildman–Crippen MR) is 81.4 cm³/mol. The molecule has 1 heterocycles. The number of nitrogens with zero attached hydrogens (tertiary/aromatic N) is 2. The van der Waals surface area contributed by atoms with Crippen molar-refractivity contribution in [3.05, 3.63) is 47.8 Å². The Morgan fingerprint density at radius 2 is 1.95 bits per heavy atom. The van der Waals surface area contributed by atoms with E-state index >= 15 is 0 Å². The largest absolute Gasteiger partial charge is 0.307 e. The summed E-state index contributed by atoms with van der Waals surface area (Å²) in [5.41, 5.74) is 1.45. The zero-order valence-electron chi connectivity index (χ0n) is 12.4. The van der Waals surface area contributed by atoms with E-state index in [2.05, 4.69) is 14.9 Å². The molecule has 0 aliphatic heterocycles. The van der Waals surface area contributed by atoms with E-state index in [9.17, 15) is 8.42 Å². The van der Waals surface area contributed by atoms with Crippen LogP contribution in [0, 0.1) is 6.92 Å². The SMILES string of the molecule is Cc1[nH]ncc1S(=O)(=O)NC(CN(C)C)c1ccccc1. The van der Waals surface area contributed by atoms with Crippen molar-refractivity contribution in [3.8, 4) is 0 Å². The van der Waals surface area contributed by atoms with E-state index < -0.39 is 10.0 Å². The fourth-order valence-electron chi connectivity index (χ4n) is 2.12. The molecule has 114 valence electrons. The normalized spacial score (nSPS) is 13.5. The molecule has 2 N–H and O–H groups in total. The molecule has 0 saturated carbocycles. The van der Waals surface area contributed by atoms with Gasteiger partial charge >= 0.3 is 0 Å². The smallest absolute Gasteiger partial charge is 0.244 e. The number of hydrogen-bond donors (Lipinski definition) is 2. The summed E-state index contributed by atoms with van der Waals surface area (Å²) in [6.45, 7) is 2.26. The molecule has 7 heteroatoms. The fourth-order valence-corrected chi connectivity index (χ4v) is 3.47. The van der Waals surface area contributed by atoms with Gasteiger partial charge in [0.2, 0.25) is 10.0 Å². The van der Waals surface area contributed by atoms with E-state index in [1.807, 2.05) is 49.3 Å². The van der Waals surface area contributed by atoms with Crippen LogP contribution in [0.3, 0.4) is 0 Å². The van der Waals surface area contributed by atoms with E-state index in [1.54, 1.807) is 6.92 Å². The first-order valence-corrected chi connectivity index (χ1v) is 8.10. The third-order valence-electron chi connectivity index (χ3n) is 3.12. The van der Waals surface area contributed by atoms with Gasteiger partial charge < -0.3 is 4.90 Å². The van der Waals surface area contributed by atoms with Crippen LogP contribution in [-0.2, 0) is 10.0 Å². The Bertz CT molecular complexity index is 680. The lowest BCUT2D eigenvalue weighted by atomic mass is 10.1. The highest BCUT2D eigenvalue weighted by Gasteiger charge is 2.24. The molecule has 0 saturated heterocycles. The number of aromatic nitrogens is 2. The summed E-state index contributed by atoms with van der Waals surface area (Å²) in [7, 11) is 0.209. The molecular formula is C14H20N4O2S. The number of aryl methyl sites for hydroxylation is 1. The third-order valence-corrected chi connectivity index (χ3v) is 4.71. The molecule has 0 bridgehead atoms. The molecule has 1 aromatic heterocycles. The number of rotatable bonds is 6. The zero-order valence-corrected chi connectivity index (χ0v) is 13.2. The number of nitrogens with one attached hydrogen (secondary N) is 2. The van der Waals surface area contributed by atoms with E-state index in [1.165, 1.54) is 6.20 Å². The number of sulfonamides is 1. The highest BCUT2D eigenvalue weighted by Crippen LogP contribution is 2.19. The molecule has 6 nitrogen and oxygen atoms in total.